The molecule has 1 heterocycles. The molecule has 26 heavy (non-hydrogen) atoms. The first-order valence-corrected chi connectivity index (χ1v) is 8.42. The van der Waals surface area contributed by atoms with Crippen LogP contribution in [-0.4, -0.2) is 28.6 Å². The molecular formula is C18H22N2O6. The Bertz CT molecular complexity index is 713. The summed E-state index contributed by atoms with van der Waals surface area (Å²) in [6.07, 6.45) is -0.370. The van der Waals surface area contributed by atoms with Crippen molar-refractivity contribution in [1.82, 2.24) is 5.32 Å². The largest absolute Gasteiger partial charge is 0.460 e. The number of non-ortho nitro benzene ring substituents is 1. The van der Waals surface area contributed by atoms with E-state index in [-0.39, 0.29) is 48.3 Å². The van der Waals surface area contributed by atoms with Gasteiger partial charge in [0.05, 0.1) is 16.9 Å². The van der Waals surface area contributed by atoms with E-state index in [4.69, 9.17) is 4.74 Å². The van der Waals surface area contributed by atoms with Gasteiger partial charge in [-0.15, -0.1) is 0 Å². The Morgan fingerprint density at radius 2 is 1.85 bits per heavy atom. The zero-order chi connectivity index (χ0) is 19.4. The van der Waals surface area contributed by atoms with Gasteiger partial charge in [0.2, 0.25) is 5.91 Å². The Hall–Kier alpha value is -2.77. The van der Waals surface area contributed by atoms with Crippen molar-refractivity contribution in [3.8, 4) is 0 Å². The first-order valence-electron chi connectivity index (χ1n) is 8.42. The molecule has 8 heteroatoms. The molecule has 0 aliphatic carbocycles. The van der Waals surface area contributed by atoms with E-state index in [1.165, 1.54) is 24.3 Å². The van der Waals surface area contributed by atoms with Crippen LogP contribution in [0.25, 0.3) is 0 Å². The molecule has 1 fully saturated rings. The van der Waals surface area contributed by atoms with Crippen LogP contribution in [0.3, 0.4) is 0 Å². The van der Waals surface area contributed by atoms with Gasteiger partial charge in [0, 0.05) is 18.1 Å². The molecule has 0 saturated carbocycles. The first kappa shape index (κ1) is 19.6. The molecule has 140 valence electrons. The Morgan fingerprint density at radius 1 is 1.23 bits per heavy atom. The van der Waals surface area contributed by atoms with Gasteiger partial charge in [0.15, 0.2) is 0 Å². The third-order valence-corrected chi connectivity index (χ3v) is 4.63. The summed E-state index contributed by atoms with van der Waals surface area (Å²) in [6, 6.07) is 5.38. The second kappa shape index (κ2) is 8.07. The number of benzene rings is 1. The van der Waals surface area contributed by atoms with Gasteiger partial charge < -0.3 is 10.1 Å². The quantitative estimate of drug-likeness (QED) is 0.249. The molecule has 0 spiro atoms. The second-order valence-electron chi connectivity index (χ2n) is 6.82. The lowest BCUT2D eigenvalue weighted by molar-refractivity contribution is -0.384. The number of ether oxygens (including phenoxy) is 1. The van der Waals surface area contributed by atoms with E-state index in [2.05, 4.69) is 5.32 Å². The van der Waals surface area contributed by atoms with Gasteiger partial charge in [0.25, 0.3) is 5.69 Å². The highest BCUT2D eigenvalue weighted by atomic mass is 16.6. The van der Waals surface area contributed by atoms with E-state index < -0.39 is 16.8 Å². The van der Waals surface area contributed by atoms with Crippen LogP contribution >= 0.6 is 0 Å². The van der Waals surface area contributed by atoms with Gasteiger partial charge in [-0.25, -0.2) is 0 Å². The molecule has 1 amide bonds. The van der Waals surface area contributed by atoms with Crippen molar-refractivity contribution >= 4 is 23.3 Å². The van der Waals surface area contributed by atoms with Gasteiger partial charge in [0.1, 0.15) is 18.8 Å². The number of rotatable bonds is 8. The highest BCUT2D eigenvalue weighted by Crippen LogP contribution is 2.29. The molecule has 8 nitrogen and oxygen atoms in total. The summed E-state index contributed by atoms with van der Waals surface area (Å²) in [6.45, 7) is 5.48. The van der Waals surface area contributed by atoms with E-state index in [1.54, 1.807) is 6.92 Å². The van der Waals surface area contributed by atoms with Crippen LogP contribution in [-0.2, 0) is 25.7 Å². The molecule has 0 unspecified atom stereocenters. The van der Waals surface area contributed by atoms with Crippen LogP contribution in [0, 0.1) is 27.9 Å². The smallest absolute Gasteiger partial charge is 0.313 e. The third kappa shape index (κ3) is 4.44. The lowest BCUT2D eigenvalue weighted by atomic mass is 9.74. The number of esters is 1. The van der Waals surface area contributed by atoms with Gasteiger partial charge in [-0.1, -0.05) is 20.8 Å². The molecule has 1 aromatic carbocycles. The Morgan fingerprint density at radius 3 is 2.35 bits per heavy atom. The van der Waals surface area contributed by atoms with Crippen molar-refractivity contribution in [2.75, 3.05) is 0 Å². The maximum atomic E-state index is 12.3. The van der Waals surface area contributed by atoms with E-state index in [9.17, 15) is 24.5 Å². The van der Waals surface area contributed by atoms with Gasteiger partial charge in [-0.05, 0) is 23.6 Å². The number of β-lactam (4-membered cyclic amide) rings is 1. The highest BCUT2D eigenvalue weighted by Gasteiger charge is 2.46. The Balaban J connectivity index is 1.82. The van der Waals surface area contributed by atoms with Crippen molar-refractivity contribution in [2.24, 2.45) is 17.8 Å². The van der Waals surface area contributed by atoms with E-state index in [0.717, 1.165) is 0 Å². The van der Waals surface area contributed by atoms with Gasteiger partial charge in [-0.2, -0.15) is 0 Å². The predicted molar refractivity (Wildman–Crippen MR) is 91.9 cm³/mol. The SMILES string of the molecule is CC(C)[C@H]1C(=O)N[C@@H]1[C@@H](C)C(=O)CC(=O)OCc1ccc([N+](=O)[O-])cc1. The maximum absolute atomic E-state index is 12.3. The molecule has 2 rings (SSSR count). The molecule has 1 aliphatic rings. The standard InChI is InChI=1S/C18H22N2O6/c1-10(2)16-17(19-18(16)23)11(3)14(21)8-15(22)26-9-12-4-6-13(7-5-12)20(24)25/h4-7,10-11,16-17H,8-9H2,1-3H3,(H,19,23)/t11-,16+,17+/m0/s1. The number of Topliss-reactive ketones (excluding diaryl/α,β-unsaturated/α-hetero) is 1. The molecule has 3 atom stereocenters. The molecular weight excluding hydrogens is 340 g/mol. The van der Waals surface area contributed by atoms with Gasteiger partial charge >= 0.3 is 5.97 Å². The molecule has 1 saturated heterocycles. The van der Waals surface area contributed by atoms with Crippen molar-refractivity contribution in [3.63, 3.8) is 0 Å². The zero-order valence-electron chi connectivity index (χ0n) is 14.9. The maximum Gasteiger partial charge on any atom is 0.313 e. The summed E-state index contributed by atoms with van der Waals surface area (Å²) in [7, 11) is 0. The fourth-order valence-corrected chi connectivity index (χ4v) is 3.00. The summed E-state index contributed by atoms with van der Waals surface area (Å²) < 4.78 is 5.06. The van der Waals surface area contributed by atoms with Crippen LogP contribution < -0.4 is 5.32 Å². The average molecular weight is 362 g/mol. The second-order valence-corrected chi connectivity index (χ2v) is 6.82. The molecule has 0 radical (unpaired) electrons. The fraction of sp³-hybridized carbons (Fsp3) is 0.500. The molecule has 0 aromatic heterocycles. The normalized spacial score (nSPS) is 20.1. The summed E-state index contributed by atoms with van der Waals surface area (Å²) in [5.41, 5.74) is 0.543. The van der Waals surface area contributed by atoms with E-state index >= 15 is 0 Å². The molecule has 1 N–H and O–H groups in total. The minimum absolute atomic E-state index is 0.0497. The number of nitrogens with zero attached hydrogens (tertiary/aromatic N) is 1. The lowest BCUT2D eigenvalue weighted by Gasteiger charge is -2.42. The number of hydrogen-bond acceptors (Lipinski definition) is 6. The monoisotopic (exact) mass is 362 g/mol. The molecule has 0 bridgehead atoms. The van der Waals surface area contributed by atoms with Gasteiger partial charge in [-0.3, -0.25) is 24.5 Å². The average Bonchev–Trinajstić information content (AvgIpc) is 2.56. The summed E-state index contributed by atoms with van der Waals surface area (Å²) in [5, 5.41) is 13.3. The van der Waals surface area contributed by atoms with Crippen LogP contribution in [0.5, 0.6) is 0 Å². The number of ketones is 1. The third-order valence-electron chi connectivity index (χ3n) is 4.63. The van der Waals surface area contributed by atoms with Crippen molar-refractivity contribution < 1.29 is 24.0 Å². The van der Waals surface area contributed by atoms with Crippen molar-refractivity contribution in [3.05, 3.63) is 39.9 Å². The number of carbonyl (C=O) groups is 3. The number of nitro groups is 1. The number of carbonyl (C=O) groups excluding carboxylic acids is 3. The highest BCUT2D eigenvalue weighted by molar-refractivity contribution is 5.98. The molecule has 1 aliphatic heterocycles. The molecule has 1 aromatic rings. The van der Waals surface area contributed by atoms with Crippen molar-refractivity contribution in [2.45, 2.75) is 39.8 Å². The van der Waals surface area contributed by atoms with Crippen LogP contribution in [0.15, 0.2) is 24.3 Å². The van der Waals surface area contributed by atoms with E-state index in [1.807, 2.05) is 13.8 Å². The topological polar surface area (TPSA) is 116 Å². The van der Waals surface area contributed by atoms with E-state index in [0.29, 0.717) is 5.56 Å². The fourth-order valence-electron chi connectivity index (χ4n) is 3.00. The summed E-state index contributed by atoms with van der Waals surface area (Å²) >= 11 is 0. The zero-order valence-corrected chi connectivity index (χ0v) is 14.9. The summed E-state index contributed by atoms with van der Waals surface area (Å²) in [5.74, 6) is -1.57. The number of nitro benzene ring substituents is 1. The Labute approximate surface area is 151 Å². The van der Waals surface area contributed by atoms with Crippen LogP contribution in [0.2, 0.25) is 0 Å². The lowest BCUT2D eigenvalue weighted by Crippen LogP contribution is -2.63. The van der Waals surface area contributed by atoms with Crippen LogP contribution in [0.1, 0.15) is 32.8 Å². The van der Waals surface area contributed by atoms with Crippen LogP contribution in [0.4, 0.5) is 5.69 Å². The minimum atomic E-state index is -0.660. The first-order chi connectivity index (χ1) is 12.2. The minimum Gasteiger partial charge on any atom is -0.460 e. The Kier molecular flexibility index (Phi) is 6.07. The summed E-state index contributed by atoms with van der Waals surface area (Å²) in [4.78, 5) is 45.8. The predicted octanol–water partition coefficient (Wildman–Crippen LogP) is 2.00. The number of amides is 1. The number of nitrogens with one attached hydrogen (secondary N) is 1. The number of hydrogen-bond donors (Lipinski definition) is 1. The van der Waals surface area contributed by atoms with Crippen molar-refractivity contribution in [1.29, 1.82) is 0 Å².